The Morgan fingerprint density at radius 2 is 2.11 bits per heavy atom. The van der Waals surface area contributed by atoms with Crippen molar-refractivity contribution in [3.8, 4) is 6.07 Å². The highest BCUT2D eigenvalue weighted by Gasteiger charge is 2.15. The summed E-state index contributed by atoms with van der Waals surface area (Å²) in [6, 6.07) is 5.76. The third-order valence-corrected chi connectivity index (χ3v) is 1.92. The summed E-state index contributed by atoms with van der Waals surface area (Å²) < 4.78 is 18.2. The molecule has 0 unspecified atom stereocenters. The average molecular weight is 250 g/mol. The Labute approximate surface area is 105 Å². The topological polar surface area (TPSA) is 62.1 Å². The van der Waals surface area contributed by atoms with Crippen molar-refractivity contribution >= 4 is 6.09 Å². The molecular formula is C13H15FN2O2. The summed E-state index contributed by atoms with van der Waals surface area (Å²) in [7, 11) is 0. The van der Waals surface area contributed by atoms with Crippen molar-refractivity contribution in [2.45, 2.75) is 32.9 Å². The maximum Gasteiger partial charge on any atom is 0.407 e. The normalized spacial score (nSPS) is 10.6. The van der Waals surface area contributed by atoms with Gasteiger partial charge in [-0.15, -0.1) is 0 Å². The fourth-order valence-corrected chi connectivity index (χ4v) is 1.31. The molecule has 0 spiro atoms. The van der Waals surface area contributed by atoms with Gasteiger partial charge in [0.05, 0.1) is 11.6 Å². The molecule has 0 aromatic heterocycles. The van der Waals surface area contributed by atoms with Crippen LogP contribution in [0.2, 0.25) is 0 Å². The van der Waals surface area contributed by atoms with E-state index < -0.39 is 17.5 Å². The van der Waals surface area contributed by atoms with Gasteiger partial charge in [-0.3, -0.25) is 0 Å². The minimum atomic E-state index is -0.580. The minimum Gasteiger partial charge on any atom is -0.444 e. The first-order valence-electron chi connectivity index (χ1n) is 5.46. The Bertz CT molecular complexity index is 487. The molecular weight excluding hydrogens is 235 g/mol. The number of rotatable bonds is 2. The molecule has 96 valence electrons. The van der Waals surface area contributed by atoms with E-state index in [-0.39, 0.29) is 12.1 Å². The van der Waals surface area contributed by atoms with Crippen LogP contribution in [0.4, 0.5) is 9.18 Å². The number of nitriles is 1. The molecule has 18 heavy (non-hydrogen) atoms. The maximum absolute atomic E-state index is 13.1. The Morgan fingerprint density at radius 3 is 2.67 bits per heavy atom. The molecule has 0 aliphatic carbocycles. The molecule has 1 rings (SSSR count). The van der Waals surface area contributed by atoms with Gasteiger partial charge in [-0.1, -0.05) is 0 Å². The first kappa shape index (κ1) is 14.0. The second-order valence-electron chi connectivity index (χ2n) is 4.82. The van der Waals surface area contributed by atoms with Gasteiger partial charge in [0.2, 0.25) is 0 Å². The number of alkyl carbamates (subject to hydrolysis) is 1. The second-order valence-corrected chi connectivity index (χ2v) is 4.82. The van der Waals surface area contributed by atoms with Crippen LogP contribution in [0.1, 0.15) is 31.9 Å². The summed E-state index contributed by atoms with van der Waals surface area (Å²) in [5.41, 5.74) is 0.150. The third kappa shape index (κ3) is 4.83. The van der Waals surface area contributed by atoms with Crippen LogP contribution in [0.3, 0.4) is 0 Å². The molecule has 1 aromatic rings. The van der Waals surface area contributed by atoms with Crippen molar-refractivity contribution in [2.75, 3.05) is 0 Å². The predicted octanol–water partition coefficient (Wildman–Crippen LogP) is 2.72. The van der Waals surface area contributed by atoms with Crippen LogP contribution in [0.15, 0.2) is 18.2 Å². The van der Waals surface area contributed by atoms with Gasteiger partial charge in [0.15, 0.2) is 0 Å². The van der Waals surface area contributed by atoms with Gasteiger partial charge in [0.25, 0.3) is 0 Å². The van der Waals surface area contributed by atoms with Crippen LogP contribution in [0.5, 0.6) is 0 Å². The summed E-state index contributed by atoms with van der Waals surface area (Å²) in [4.78, 5) is 11.4. The van der Waals surface area contributed by atoms with Crippen molar-refractivity contribution in [2.24, 2.45) is 0 Å². The summed E-state index contributed by atoms with van der Waals surface area (Å²) in [6.45, 7) is 5.37. The Hall–Kier alpha value is -2.09. The lowest BCUT2D eigenvalue weighted by molar-refractivity contribution is 0.0523. The predicted molar refractivity (Wildman–Crippen MR) is 64.2 cm³/mol. The number of amides is 1. The van der Waals surface area contributed by atoms with Crippen LogP contribution >= 0.6 is 0 Å². The lowest BCUT2D eigenvalue weighted by Crippen LogP contribution is -2.32. The summed E-state index contributed by atoms with van der Waals surface area (Å²) >= 11 is 0. The van der Waals surface area contributed by atoms with E-state index in [9.17, 15) is 9.18 Å². The first-order valence-corrected chi connectivity index (χ1v) is 5.46. The average Bonchev–Trinajstić information content (AvgIpc) is 2.23. The molecule has 0 saturated carbocycles. The quantitative estimate of drug-likeness (QED) is 0.877. The fourth-order valence-electron chi connectivity index (χ4n) is 1.31. The molecule has 1 aromatic carbocycles. The molecule has 0 heterocycles. The van der Waals surface area contributed by atoms with E-state index in [1.165, 1.54) is 12.1 Å². The van der Waals surface area contributed by atoms with Crippen LogP contribution in [0, 0.1) is 17.1 Å². The summed E-state index contributed by atoms with van der Waals surface area (Å²) in [5, 5.41) is 11.2. The maximum atomic E-state index is 13.1. The van der Waals surface area contributed by atoms with E-state index >= 15 is 0 Å². The van der Waals surface area contributed by atoms with E-state index in [1.807, 2.05) is 6.07 Å². The summed E-state index contributed by atoms with van der Waals surface area (Å²) in [6.07, 6.45) is -0.578. The van der Waals surface area contributed by atoms with Crippen molar-refractivity contribution in [3.05, 3.63) is 35.1 Å². The van der Waals surface area contributed by atoms with Gasteiger partial charge in [-0.05, 0) is 44.5 Å². The number of halogens is 1. The molecule has 0 aliphatic heterocycles. The van der Waals surface area contributed by atoms with Crippen molar-refractivity contribution in [1.82, 2.24) is 5.32 Å². The van der Waals surface area contributed by atoms with E-state index in [1.54, 1.807) is 20.8 Å². The lowest BCUT2D eigenvalue weighted by atomic mass is 10.1. The van der Waals surface area contributed by atoms with Crippen LogP contribution in [-0.2, 0) is 11.3 Å². The van der Waals surface area contributed by atoms with Gasteiger partial charge in [0, 0.05) is 6.54 Å². The van der Waals surface area contributed by atoms with Gasteiger partial charge >= 0.3 is 6.09 Å². The van der Waals surface area contributed by atoms with Gasteiger partial charge in [0.1, 0.15) is 11.4 Å². The van der Waals surface area contributed by atoms with E-state index in [4.69, 9.17) is 10.00 Å². The lowest BCUT2D eigenvalue weighted by Gasteiger charge is -2.19. The van der Waals surface area contributed by atoms with Gasteiger partial charge < -0.3 is 10.1 Å². The fraction of sp³-hybridized carbons (Fsp3) is 0.385. The van der Waals surface area contributed by atoms with Gasteiger partial charge in [-0.2, -0.15) is 5.26 Å². The SMILES string of the molecule is CC(C)(C)OC(=O)NCc1cc(F)cc(C#N)c1. The van der Waals surface area contributed by atoms with Crippen molar-refractivity contribution in [1.29, 1.82) is 5.26 Å². The summed E-state index contributed by atoms with van der Waals surface area (Å²) in [5.74, 6) is -0.505. The van der Waals surface area contributed by atoms with Crippen molar-refractivity contribution < 1.29 is 13.9 Å². The first-order chi connectivity index (χ1) is 8.30. The molecule has 5 heteroatoms. The highest BCUT2D eigenvalue weighted by atomic mass is 19.1. The smallest absolute Gasteiger partial charge is 0.407 e. The molecule has 0 bridgehead atoms. The zero-order valence-electron chi connectivity index (χ0n) is 10.6. The Morgan fingerprint density at radius 1 is 1.44 bits per heavy atom. The number of hydrogen-bond acceptors (Lipinski definition) is 3. The number of carbonyl (C=O) groups excluding carboxylic acids is 1. The number of ether oxygens (including phenoxy) is 1. The van der Waals surface area contributed by atoms with E-state index in [0.717, 1.165) is 6.07 Å². The van der Waals surface area contributed by atoms with Gasteiger partial charge in [-0.25, -0.2) is 9.18 Å². The largest absolute Gasteiger partial charge is 0.444 e. The molecule has 0 fully saturated rings. The molecule has 0 radical (unpaired) electrons. The molecule has 0 aliphatic rings. The second kappa shape index (κ2) is 5.50. The number of benzene rings is 1. The standard InChI is InChI=1S/C13H15FN2O2/c1-13(2,3)18-12(17)16-8-10-4-9(7-15)5-11(14)6-10/h4-6H,8H2,1-3H3,(H,16,17). The van der Waals surface area contributed by atoms with Crippen LogP contribution in [-0.4, -0.2) is 11.7 Å². The highest BCUT2D eigenvalue weighted by Crippen LogP contribution is 2.10. The highest BCUT2D eigenvalue weighted by molar-refractivity contribution is 5.67. The molecule has 1 N–H and O–H groups in total. The molecule has 4 nitrogen and oxygen atoms in total. The molecule has 0 saturated heterocycles. The molecule has 0 atom stereocenters. The zero-order valence-corrected chi connectivity index (χ0v) is 10.6. The zero-order chi connectivity index (χ0) is 13.8. The number of carbonyl (C=O) groups is 1. The van der Waals surface area contributed by atoms with Crippen LogP contribution in [0.25, 0.3) is 0 Å². The number of nitrogens with one attached hydrogen (secondary N) is 1. The molecule has 1 amide bonds. The van der Waals surface area contributed by atoms with E-state index in [0.29, 0.717) is 5.56 Å². The Kier molecular flexibility index (Phi) is 4.27. The number of hydrogen-bond donors (Lipinski definition) is 1. The van der Waals surface area contributed by atoms with E-state index in [2.05, 4.69) is 5.32 Å². The minimum absolute atomic E-state index is 0.112. The third-order valence-electron chi connectivity index (χ3n) is 1.92. The van der Waals surface area contributed by atoms with Crippen molar-refractivity contribution in [3.63, 3.8) is 0 Å². The monoisotopic (exact) mass is 250 g/mol. The number of nitrogens with zero attached hydrogens (tertiary/aromatic N) is 1. The Balaban J connectivity index is 2.62. The van der Waals surface area contributed by atoms with Crippen LogP contribution < -0.4 is 5.32 Å².